The van der Waals surface area contributed by atoms with Crippen LogP contribution in [0.5, 0.6) is 0 Å². The van der Waals surface area contributed by atoms with Gasteiger partial charge in [0.2, 0.25) is 5.91 Å². The Bertz CT molecular complexity index is 1270. The van der Waals surface area contributed by atoms with E-state index >= 15 is 0 Å². The molecule has 2 bridgehead atoms. The van der Waals surface area contributed by atoms with Gasteiger partial charge in [0.25, 0.3) is 0 Å². The minimum absolute atomic E-state index is 0.00829. The van der Waals surface area contributed by atoms with Gasteiger partial charge in [0, 0.05) is 42.1 Å². The average Bonchev–Trinajstić information content (AvgIpc) is 3.50. The minimum atomic E-state index is -1.41. The largest absolute Gasteiger partial charge is 0.393 e. The molecule has 34 heavy (non-hydrogen) atoms. The molecule has 176 valence electrons. The molecule has 6 aliphatic rings. The van der Waals surface area contributed by atoms with Crippen LogP contribution in [-0.2, 0) is 9.53 Å². The summed E-state index contributed by atoms with van der Waals surface area (Å²) >= 11 is 0. The average molecular weight is 460 g/mol. The van der Waals surface area contributed by atoms with Crippen LogP contribution in [0.2, 0.25) is 0 Å². The van der Waals surface area contributed by atoms with Gasteiger partial charge in [-0.15, -0.1) is 0 Å². The van der Waals surface area contributed by atoms with Crippen molar-refractivity contribution in [1.29, 1.82) is 0 Å². The van der Waals surface area contributed by atoms with Gasteiger partial charge in [0.1, 0.15) is 11.8 Å². The van der Waals surface area contributed by atoms with Gasteiger partial charge in [-0.1, -0.05) is 36.4 Å². The van der Waals surface area contributed by atoms with Gasteiger partial charge >= 0.3 is 0 Å². The second-order valence-electron chi connectivity index (χ2n) is 11.4. The van der Waals surface area contributed by atoms with E-state index in [1.165, 1.54) is 11.1 Å². The molecule has 8 rings (SSSR count). The van der Waals surface area contributed by atoms with Crippen molar-refractivity contribution in [2.45, 2.75) is 61.7 Å². The van der Waals surface area contributed by atoms with Crippen LogP contribution in [-0.4, -0.2) is 58.9 Å². The maximum Gasteiger partial charge on any atom is 0.227 e. The molecule has 1 saturated carbocycles. The first kappa shape index (κ1) is 19.7. The molecule has 2 aromatic carbocycles. The summed E-state index contributed by atoms with van der Waals surface area (Å²) in [5.74, 6) is 0.388. The number of aliphatic hydroxyl groups excluding tert-OH is 1. The van der Waals surface area contributed by atoms with Crippen molar-refractivity contribution in [1.82, 2.24) is 5.32 Å². The lowest BCUT2D eigenvalue weighted by molar-refractivity contribution is -0.140. The highest BCUT2D eigenvalue weighted by atomic mass is 16.6. The number of carbonyl (C=O) groups is 1. The second-order valence-corrected chi connectivity index (χ2v) is 11.4. The predicted molar refractivity (Wildman–Crippen MR) is 125 cm³/mol. The number of amides is 1. The predicted octanol–water partition coefficient (Wildman–Crippen LogP) is 1.90. The summed E-state index contributed by atoms with van der Waals surface area (Å²) < 4.78 is 6.81. The molecule has 0 radical (unpaired) electrons. The molecule has 9 atom stereocenters. The maximum atomic E-state index is 13.6. The number of benzene rings is 2. The lowest BCUT2D eigenvalue weighted by Crippen LogP contribution is -2.70. The highest BCUT2D eigenvalue weighted by Crippen LogP contribution is 2.70. The Morgan fingerprint density at radius 1 is 1.06 bits per heavy atom. The van der Waals surface area contributed by atoms with Crippen LogP contribution in [0.25, 0.3) is 0 Å². The van der Waals surface area contributed by atoms with E-state index in [0.717, 1.165) is 11.4 Å². The first-order valence-electron chi connectivity index (χ1n) is 12.4. The topological polar surface area (TPSA) is 85.3 Å². The number of carbonyl (C=O) groups excluding carboxylic acids is 1. The first-order chi connectivity index (χ1) is 16.3. The van der Waals surface area contributed by atoms with Crippen molar-refractivity contribution < 1.29 is 19.7 Å². The standard InChI is InChI=1S/C27H29N3O4/c1-25-16(12-28-24(25)32)20-14-7-3-6-10-18(14)30-22(20)23-21(25)15-8-4-5-9-17(15)29(23)19-11-27(33,13-31)26(30,2)34-19/h3-10,16,19-23,31,33H,11-13H2,1-2H3,(H,28,32). The van der Waals surface area contributed by atoms with E-state index in [-0.39, 0.29) is 48.6 Å². The van der Waals surface area contributed by atoms with E-state index in [1.807, 2.05) is 19.1 Å². The number of hydrogen-bond donors (Lipinski definition) is 3. The van der Waals surface area contributed by atoms with E-state index < -0.39 is 16.7 Å². The third-order valence-corrected chi connectivity index (χ3v) is 10.4. The van der Waals surface area contributed by atoms with Crippen LogP contribution in [0.3, 0.4) is 0 Å². The normalized spacial score (nSPS) is 46.5. The number of nitrogens with one attached hydrogen (secondary N) is 1. The molecular formula is C27H29N3O4. The molecule has 0 aromatic heterocycles. The molecule has 0 spiro atoms. The lowest BCUT2D eigenvalue weighted by Gasteiger charge is -2.56. The molecule has 1 aliphatic carbocycles. The minimum Gasteiger partial charge on any atom is -0.393 e. The highest BCUT2D eigenvalue weighted by molar-refractivity contribution is 5.89. The number of para-hydroxylation sites is 2. The highest BCUT2D eigenvalue weighted by Gasteiger charge is 2.76. The number of ether oxygens (including phenoxy) is 1. The van der Waals surface area contributed by atoms with Gasteiger partial charge in [-0.05, 0) is 37.1 Å². The fraction of sp³-hybridized carbons (Fsp3) is 0.519. The van der Waals surface area contributed by atoms with Crippen molar-refractivity contribution in [2.24, 2.45) is 11.3 Å². The smallest absolute Gasteiger partial charge is 0.227 e. The Kier molecular flexibility index (Phi) is 3.34. The number of aliphatic hydroxyl groups is 2. The Morgan fingerprint density at radius 2 is 1.76 bits per heavy atom. The zero-order chi connectivity index (χ0) is 23.2. The third kappa shape index (κ3) is 1.81. The fourth-order valence-electron chi connectivity index (χ4n) is 8.89. The van der Waals surface area contributed by atoms with Gasteiger partial charge in [0.15, 0.2) is 5.72 Å². The Balaban J connectivity index is 1.48. The molecule has 1 amide bonds. The van der Waals surface area contributed by atoms with E-state index in [1.54, 1.807) is 0 Å². The van der Waals surface area contributed by atoms with E-state index in [4.69, 9.17) is 4.74 Å². The summed E-state index contributed by atoms with van der Waals surface area (Å²) in [6, 6.07) is 16.8. The molecule has 3 N–H and O–H groups in total. The zero-order valence-corrected chi connectivity index (χ0v) is 19.3. The molecular weight excluding hydrogens is 430 g/mol. The fourth-order valence-corrected chi connectivity index (χ4v) is 8.89. The van der Waals surface area contributed by atoms with Crippen molar-refractivity contribution in [2.75, 3.05) is 23.0 Å². The van der Waals surface area contributed by atoms with Gasteiger partial charge in [-0.2, -0.15) is 0 Å². The maximum absolute atomic E-state index is 13.6. The van der Waals surface area contributed by atoms with Crippen LogP contribution >= 0.6 is 0 Å². The lowest BCUT2D eigenvalue weighted by atomic mass is 9.53. The molecule has 3 saturated heterocycles. The van der Waals surface area contributed by atoms with Crippen molar-refractivity contribution in [3.63, 3.8) is 0 Å². The molecule has 5 heterocycles. The Hall–Kier alpha value is -2.61. The van der Waals surface area contributed by atoms with E-state index in [0.29, 0.717) is 13.0 Å². The number of fused-ring (bicyclic) bond motifs is 13. The van der Waals surface area contributed by atoms with E-state index in [2.05, 4.69) is 58.4 Å². The number of hydrogen-bond acceptors (Lipinski definition) is 6. The summed E-state index contributed by atoms with van der Waals surface area (Å²) in [6.07, 6.45) is -0.0822. The second kappa shape index (κ2) is 5.78. The summed E-state index contributed by atoms with van der Waals surface area (Å²) in [7, 11) is 0. The van der Waals surface area contributed by atoms with Crippen LogP contribution in [0.1, 0.15) is 43.2 Å². The van der Waals surface area contributed by atoms with E-state index in [9.17, 15) is 15.0 Å². The molecule has 7 nitrogen and oxygen atoms in total. The van der Waals surface area contributed by atoms with Gasteiger partial charge < -0.3 is 30.1 Å². The van der Waals surface area contributed by atoms with Crippen molar-refractivity contribution in [3.05, 3.63) is 59.7 Å². The van der Waals surface area contributed by atoms with Crippen LogP contribution < -0.4 is 15.1 Å². The number of rotatable bonds is 1. The molecule has 9 unspecified atom stereocenters. The third-order valence-electron chi connectivity index (χ3n) is 10.4. The van der Waals surface area contributed by atoms with Crippen LogP contribution in [0, 0.1) is 11.3 Å². The summed E-state index contributed by atoms with van der Waals surface area (Å²) in [4.78, 5) is 18.2. The first-order valence-corrected chi connectivity index (χ1v) is 12.4. The molecule has 7 heteroatoms. The van der Waals surface area contributed by atoms with Crippen LogP contribution in [0.4, 0.5) is 11.4 Å². The van der Waals surface area contributed by atoms with Crippen LogP contribution in [0.15, 0.2) is 48.5 Å². The molecule has 5 aliphatic heterocycles. The quantitative estimate of drug-likeness (QED) is 0.604. The van der Waals surface area contributed by atoms with Gasteiger partial charge in [0.05, 0.1) is 24.1 Å². The zero-order valence-electron chi connectivity index (χ0n) is 19.3. The Morgan fingerprint density at radius 3 is 2.53 bits per heavy atom. The molecule has 4 fully saturated rings. The van der Waals surface area contributed by atoms with Gasteiger partial charge in [-0.25, -0.2) is 0 Å². The van der Waals surface area contributed by atoms with Crippen molar-refractivity contribution >= 4 is 17.3 Å². The molecule has 2 aromatic rings. The summed E-state index contributed by atoms with van der Waals surface area (Å²) in [5.41, 5.74) is 1.50. The number of nitrogens with zero attached hydrogens (tertiary/aromatic N) is 2. The monoisotopic (exact) mass is 459 g/mol. The van der Waals surface area contributed by atoms with Crippen molar-refractivity contribution in [3.8, 4) is 0 Å². The SMILES string of the molecule is CC12C(=O)NCC1C1c3ccccc3N3C1C1C2c2ccccc2N1C1CC(O)(CO)C3(C)O1. The summed E-state index contributed by atoms with van der Waals surface area (Å²) in [6.45, 7) is 4.38. The Labute approximate surface area is 198 Å². The van der Waals surface area contributed by atoms with Gasteiger partial charge in [-0.3, -0.25) is 4.79 Å². The summed E-state index contributed by atoms with van der Waals surface area (Å²) in [5, 5.41) is 25.5. The number of anilines is 2.